The lowest BCUT2D eigenvalue weighted by Crippen LogP contribution is -2.36. The van der Waals surface area contributed by atoms with Crippen LogP contribution in [0, 0.1) is 0 Å². The van der Waals surface area contributed by atoms with Crippen LogP contribution in [0.25, 0.3) is 0 Å². The van der Waals surface area contributed by atoms with Gasteiger partial charge in [0.15, 0.2) is 0 Å². The fraction of sp³-hybridized carbons (Fsp3) is 0.391. The first-order valence-corrected chi connectivity index (χ1v) is 10.4. The molecule has 0 aliphatic carbocycles. The molecular weight excluding hydrogens is 388 g/mol. The van der Waals surface area contributed by atoms with E-state index in [1.54, 1.807) is 0 Å². The first-order valence-electron chi connectivity index (χ1n) is 10.0. The topological polar surface area (TPSA) is 49.9 Å². The summed E-state index contributed by atoms with van der Waals surface area (Å²) in [6.07, 6.45) is 0.0872. The lowest BCUT2D eigenvalue weighted by atomic mass is 9.97. The van der Waals surface area contributed by atoms with Crippen molar-refractivity contribution >= 4 is 23.5 Å². The number of hydrogen-bond donors (Lipinski definition) is 0. The van der Waals surface area contributed by atoms with E-state index in [9.17, 15) is 9.59 Å². The van der Waals surface area contributed by atoms with Crippen molar-refractivity contribution in [2.24, 2.45) is 0 Å². The van der Waals surface area contributed by atoms with Crippen LogP contribution < -0.4 is 0 Å². The molecule has 1 fully saturated rings. The number of benzene rings is 2. The Morgan fingerprint density at radius 1 is 1.07 bits per heavy atom. The van der Waals surface area contributed by atoms with E-state index in [-0.39, 0.29) is 18.5 Å². The standard InChI is InChI=1S/C23H27ClN2O3/c1-4-16(3)18-11-12-20(24)19(13-18)15-25-21(27)22(29-5-2)26(23(25)28)14-17-9-7-6-8-10-17/h6-13,16,22H,4-5,14-15H2,1-3H3. The Labute approximate surface area is 177 Å². The van der Waals surface area contributed by atoms with Crippen molar-refractivity contribution in [1.29, 1.82) is 0 Å². The van der Waals surface area contributed by atoms with Crippen molar-refractivity contribution in [3.63, 3.8) is 0 Å². The summed E-state index contributed by atoms with van der Waals surface area (Å²) >= 11 is 6.39. The normalized spacial score (nSPS) is 17.9. The molecule has 1 heterocycles. The van der Waals surface area contributed by atoms with E-state index in [2.05, 4.69) is 13.8 Å². The number of halogens is 1. The first-order chi connectivity index (χ1) is 14.0. The zero-order chi connectivity index (χ0) is 21.0. The van der Waals surface area contributed by atoms with Gasteiger partial charge in [-0.1, -0.05) is 67.9 Å². The minimum atomic E-state index is -0.913. The van der Waals surface area contributed by atoms with Gasteiger partial charge in [-0.05, 0) is 42.0 Å². The highest BCUT2D eigenvalue weighted by molar-refractivity contribution is 6.31. The van der Waals surface area contributed by atoms with Gasteiger partial charge >= 0.3 is 6.03 Å². The highest BCUT2D eigenvalue weighted by Gasteiger charge is 2.45. The number of rotatable bonds is 8. The highest BCUT2D eigenvalue weighted by atomic mass is 35.5. The molecule has 29 heavy (non-hydrogen) atoms. The quantitative estimate of drug-likeness (QED) is 0.559. The maximum absolute atomic E-state index is 13.1. The number of amides is 3. The molecule has 0 bridgehead atoms. The predicted molar refractivity (Wildman–Crippen MR) is 114 cm³/mol. The molecule has 3 rings (SSSR count). The van der Waals surface area contributed by atoms with Crippen molar-refractivity contribution in [3.05, 3.63) is 70.2 Å². The van der Waals surface area contributed by atoms with E-state index < -0.39 is 6.23 Å². The second kappa shape index (κ2) is 9.42. The third kappa shape index (κ3) is 4.62. The zero-order valence-corrected chi connectivity index (χ0v) is 17.9. The zero-order valence-electron chi connectivity index (χ0n) is 17.1. The van der Waals surface area contributed by atoms with Crippen LogP contribution in [0.5, 0.6) is 0 Å². The molecule has 2 aromatic rings. The Kier molecular flexibility index (Phi) is 6.93. The second-order valence-electron chi connectivity index (χ2n) is 7.29. The Bertz CT molecular complexity index is 872. The molecule has 2 aromatic carbocycles. The van der Waals surface area contributed by atoms with E-state index in [1.165, 1.54) is 9.80 Å². The number of imide groups is 1. The number of urea groups is 1. The van der Waals surface area contributed by atoms with Crippen molar-refractivity contribution in [3.8, 4) is 0 Å². The van der Waals surface area contributed by atoms with E-state index in [4.69, 9.17) is 16.3 Å². The molecule has 0 N–H and O–H groups in total. The van der Waals surface area contributed by atoms with Crippen LogP contribution in [-0.2, 0) is 22.6 Å². The average Bonchev–Trinajstić information content (AvgIpc) is 2.94. The Balaban J connectivity index is 1.86. The van der Waals surface area contributed by atoms with Gasteiger partial charge in [0.1, 0.15) is 0 Å². The maximum Gasteiger partial charge on any atom is 0.329 e. The Morgan fingerprint density at radius 3 is 2.45 bits per heavy atom. The molecule has 6 heteroatoms. The van der Waals surface area contributed by atoms with Gasteiger partial charge in [-0.15, -0.1) is 0 Å². The summed E-state index contributed by atoms with van der Waals surface area (Å²) in [6.45, 7) is 6.87. The maximum atomic E-state index is 13.1. The third-order valence-electron chi connectivity index (χ3n) is 5.34. The van der Waals surface area contributed by atoms with Crippen molar-refractivity contribution < 1.29 is 14.3 Å². The average molecular weight is 415 g/mol. The molecular formula is C23H27ClN2O3. The van der Waals surface area contributed by atoms with Crippen LogP contribution in [0.15, 0.2) is 48.5 Å². The van der Waals surface area contributed by atoms with Crippen molar-refractivity contribution in [2.45, 2.75) is 52.4 Å². The van der Waals surface area contributed by atoms with Crippen LogP contribution in [0.2, 0.25) is 5.02 Å². The van der Waals surface area contributed by atoms with E-state index in [0.717, 1.165) is 23.1 Å². The summed E-state index contributed by atoms with van der Waals surface area (Å²) < 4.78 is 5.63. The first kappa shape index (κ1) is 21.3. The van der Waals surface area contributed by atoms with Crippen LogP contribution in [0.3, 0.4) is 0 Å². The predicted octanol–water partition coefficient (Wildman–Crippen LogP) is 5.18. The molecule has 0 spiro atoms. The SMILES string of the molecule is CCOC1C(=O)N(Cc2cc(C(C)CC)ccc2Cl)C(=O)N1Cc1ccccc1. The van der Waals surface area contributed by atoms with Gasteiger partial charge in [0, 0.05) is 11.6 Å². The highest BCUT2D eigenvalue weighted by Crippen LogP contribution is 2.29. The van der Waals surface area contributed by atoms with Gasteiger partial charge in [-0.2, -0.15) is 0 Å². The summed E-state index contributed by atoms with van der Waals surface area (Å²) in [4.78, 5) is 28.8. The summed E-state index contributed by atoms with van der Waals surface area (Å²) in [5.41, 5.74) is 2.86. The molecule has 1 aliphatic rings. The lowest BCUT2D eigenvalue weighted by Gasteiger charge is -2.21. The molecule has 5 nitrogen and oxygen atoms in total. The van der Waals surface area contributed by atoms with E-state index in [1.807, 2.05) is 55.5 Å². The number of ether oxygens (including phenoxy) is 1. The fourth-order valence-electron chi connectivity index (χ4n) is 3.44. The van der Waals surface area contributed by atoms with Crippen LogP contribution in [0.4, 0.5) is 4.79 Å². The largest absolute Gasteiger partial charge is 0.350 e. The monoisotopic (exact) mass is 414 g/mol. The number of hydrogen-bond acceptors (Lipinski definition) is 3. The van der Waals surface area contributed by atoms with Crippen LogP contribution >= 0.6 is 11.6 Å². The Morgan fingerprint density at radius 2 is 1.79 bits per heavy atom. The molecule has 0 radical (unpaired) electrons. The molecule has 1 aliphatic heterocycles. The number of carbonyl (C=O) groups excluding carboxylic acids is 2. The third-order valence-corrected chi connectivity index (χ3v) is 5.71. The minimum Gasteiger partial charge on any atom is -0.350 e. The Hall–Kier alpha value is -2.37. The molecule has 0 aromatic heterocycles. The summed E-state index contributed by atoms with van der Waals surface area (Å²) in [6, 6.07) is 15.1. The fourth-order valence-corrected chi connectivity index (χ4v) is 3.62. The summed E-state index contributed by atoms with van der Waals surface area (Å²) in [7, 11) is 0. The van der Waals surface area contributed by atoms with Gasteiger partial charge in [0.25, 0.3) is 5.91 Å². The number of carbonyl (C=O) groups is 2. The van der Waals surface area contributed by atoms with E-state index in [0.29, 0.717) is 24.1 Å². The summed E-state index contributed by atoms with van der Waals surface area (Å²) in [5.74, 6) is 0.0274. The molecule has 2 unspecified atom stereocenters. The summed E-state index contributed by atoms with van der Waals surface area (Å²) in [5, 5.41) is 0.548. The second-order valence-corrected chi connectivity index (χ2v) is 7.70. The molecule has 2 atom stereocenters. The molecule has 1 saturated heterocycles. The molecule has 3 amide bonds. The van der Waals surface area contributed by atoms with Crippen LogP contribution in [0.1, 0.15) is 49.8 Å². The van der Waals surface area contributed by atoms with Gasteiger partial charge in [-0.25, -0.2) is 4.79 Å². The van der Waals surface area contributed by atoms with Crippen molar-refractivity contribution in [1.82, 2.24) is 9.80 Å². The van der Waals surface area contributed by atoms with Crippen molar-refractivity contribution in [2.75, 3.05) is 6.61 Å². The van der Waals surface area contributed by atoms with E-state index >= 15 is 0 Å². The van der Waals surface area contributed by atoms with Gasteiger partial charge in [-0.3, -0.25) is 14.6 Å². The van der Waals surface area contributed by atoms with Crippen LogP contribution in [-0.4, -0.2) is 34.6 Å². The van der Waals surface area contributed by atoms with Gasteiger partial charge in [0.2, 0.25) is 6.23 Å². The minimum absolute atomic E-state index is 0.135. The lowest BCUT2D eigenvalue weighted by molar-refractivity contribution is -0.142. The smallest absolute Gasteiger partial charge is 0.329 e. The van der Waals surface area contributed by atoms with Gasteiger partial charge in [0.05, 0.1) is 13.1 Å². The number of nitrogens with zero attached hydrogens (tertiary/aromatic N) is 2. The molecule has 154 valence electrons. The molecule has 0 saturated carbocycles. The van der Waals surface area contributed by atoms with Gasteiger partial charge < -0.3 is 4.74 Å².